The second-order valence-corrected chi connectivity index (χ2v) is 8.48. The molecule has 1 atom stereocenters. The summed E-state index contributed by atoms with van der Waals surface area (Å²) in [7, 11) is -3.11. The van der Waals surface area contributed by atoms with Crippen LogP contribution in [0.5, 0.6) is 0 Å². The van der Waals surface area contributed by atoms with Crippen molar-refractivity contribution in [3.63, 3.8) is 0 Å². The molecule has 1 N–H and O–H groups in total. The molecule has 2 aromatic heterocycles. The van der Waals surface area contributed by atoms with Crippen LogP contribution in [0.4, 0.5) is 11.6 Å². The fourth-order valence-corrected chi connectivity index (χ4v) is 4.24. The summed E-state index contributed by atoms with van der Waals surface area (Å²) in [4.78, 5) is 4.19. The zero-order valence-corrected chi connectivity index (χ0v) is 15.1. The van der Waals surface area contributed by atoms with Crippen LogP contribution < -0.4 is 5.32 Å². The van der Waals surface area contributed by atoms with E-state index in [2.05, 4.69) is 20.5 Å². The van der Waals surface area contributed by atoms with Crippen molar-refractivity contribution in [3.05, 3.63) is 42.2 Å². The zero-order chi connectivity index (χ0) is 17.7. The van der Waals surface area contributed by atoms with E-state index in [4.69, 9.17) is 0 Å². The van der Waals surface area contributed by atoms with Gasteiger partial charge in [0.15, 0.2) is 5.82 Å². The highest BCUT2D eigenvalue weighted by Gasteiger charge is 2.27. The average molecular weight is 361 g/mol. The quantitative estimate of drug-likeness (QED) is 0.849. The number of pyridine rings is 1. The highest BCUT2D eigenvalue weighted by Crippen LogP contribution is 2.22. The molecule has 0 spiro atoms. The van der Waals surface area contributed by atoms with E-state index in [9.17, 15) is 8.42 Å². The first kappa shape index (κ1) is 17.8. The number of nitrogens with zero attached hydrogens (tertiary/aromatic N) is 4. The summed E-state index contributed by atoms with van der Waals surface area (Å²) < 4.78 is 25.7. The van der Waals surface area contributed by atoms with Crippen LogP contribution in [0.15, 0.2) is 36.5 Å². The van der Waals surface area contributed by atoms with Crippen LogP contribution in [0.3, 0.4) is 0 Å². The maximum Gasteiger partial charge on any atom is 0.213 e. The number of anilines is 2. The number of hydrogen-bond donors (Lipinski definition) is 1. The van der Waals surface area contributed by atoms with Gasteiger partial charge in [-0.3, -0.25) is 0 Å². The molecular formula is C17H23N5O2S. The fourth-order valence-electron chi connectivity index (χ4n) is 3.03. The zero-order valence-electron chi connectivity index (χ0n) is 14.3. The van der Waals surface area contributed by atoms with Gasteiger partial charge < -0.3 is 5.32 Å². The molecule has 134 valence electrons. The molecule has 1 aliphatic heterocycles. The molecule has 1 fully saturated rings. The third-order valence-electron chi connectivity index (χ3n) is 4.38. The molecule has 3 rings (SSSR count). The molecule has 0 aromatic carbocycles. The molecule has 1 saturated heterocycles. The molecule has 3 heterocycles. The van der Waals surface area contributed by atoms with Crippen LogP contribution in [0.2, 0.25) is 0 Å². The average Bonchev–Trinajstić information content (AvgIpc) is 2.64. The van der Waals surface area contributed by atoms with Crippen molar-refractivity contribution < 1.29 is 8.42 Å². The third kappa shape index (κ3) is 4.73. The maximum atomic E-state index is 12.1. The van der Waals surface area contributed by atoms with Gasteiger partial charge in [0, 0.05) is 19.3 Å². The summed E-state index contributed by atoms with van der Waals surface area (Å²) in [6.07, 6.45) is 4.37. The van der Waals surface area contributed by atoms with E-state index in [1.807, 2.05) is 30.3 Å². The molecule has 25 heavy (non-hydrogen) atoms. The van der Waals surface area contributed by atoms with E-state index in [0.29, 0.717) is 24.8 Å². The predicted molar refractivity (Wildman–Crippen MR) is 97.0 cm³/mol. The minimum absolute atomic E-state index is 0.160. The van der Waals surface area contributed by atoms with E-state index < -0.39 is 10.0 Å². The number of aromatic nitrogens is 3. The molecule has 0 unspecified atom stereocenters. The Bertz CT molecular complexity index is 780. The number of piperidine rings is 1. The Morgan fingerprint density at radius 2 is 2.08 bits per heavy atom. The van der Waals surface area contributed by atoms with Crippen LogP contribution in [0.1, 0.15) is 25.5 Å². The first-order valence-electron chi connectivity index (χ1n) is 8.55. The van der Waals surface area contributed by atoms with Gasteiger partial charge in [0.1, 0.15) is 5.82 Å². The standard InChI is InChI=1S/C17H23N5O2S/c1-2-25(23,24)22-11-5-6-14(13-22)12-15-8-9-17(21-20-15)19-16-7-3-4-10-18-16/h3-4,7-10,14H,2,5-6,11-13H2,1H3,(H,18,19,21)/t14-/m1/s1. The van der Waals surface area contributed by atoms with Crippen LogP contribution >= 0.6 is 0 Å². The fraction of sp³-hybridized carbons (Fsp3) is 0.471. The monoisotopic (exact) mass is 361 g/mol. The Morgan fingerprint density at radius 3 is 2.76 bits per heavy atom. The minimum atomic E-state index is -3.11. The SMILES string of the molecule is CCS(=O)(=O)N1CCC[C@H](Cc2ccc(Nc3ccccn3)nn2)C1. The number of hydrogen-bond acceptors (Lipinski definition) is 6. The van der Waals surface area contributed by atoms with Crippen LogP contribution in [0, 0.1) is 5.92 Å². The van der Waals surface area contributed by atoms with E-state index in [0.717, 1.165) is 30.8 Å². The van der Waals surface area contributed by atoms with Gasteiger partial charge in [-0.05, 0) is 56.4 Å². The van der Waals surface area contributed by atoms with E-state index >= 15 is 0 Å². The lowest BCUT2D eigenvalue weighted by Gasteiger charge is -2.31. The Kier molecular flexibility index (Phi) is 5.60. The summed E-state index contributed by atoms with van der Waals surface area (Å²) in [5, 5.41) is 11.6. The minimum Gasteiger partial charge on any atom is -0.323 e. The lowest BCUT2D eigenvalue weighted by atomic mass is 9.94. The Labute approximate surface area is 148 Å². The smallest absolute Gasteiger partial charge is 0.213 e. The molecule has 0 radical (unpaired) electrons. The Morgan fingerprint density at radius 1 is 1.20 bits per heavy atom. The summed E-state index contributed by atoms with van der Waals surface area (Å²) in [6.45, 7) is 2.90. The summed E-state index contributed by atoms with van der Waals surface area (Å²) in [5.41, 5.74) is 0.882. The number of sulfonamides is 1. The lowest BCUT2D eigenvalue weighted by Crippen LogP contribution is -2.41. The van der Waals surface area contributed by atoms with E-state index in [-0.39, 0.29) is 5.75 Å². The molecule has 0 aliphatic carbocycles. The van der Waals surface area contributed by atoms with Crippen molar-refractivity contribution in [2.75, 3.05) is 24.2 Å². The van der Waals surface area contributed by atoms with Crippen LogP contribution in [-0.4, -0.2) is 46.7 Å². The summed E-state index contributed by atoms with van der Waals surface area (Å²) >= 11 is 0. The largest absolute Gasteiger partial charge is 0.323 e. The van der Waals surface area contributed by atoms with Crippen molar-refractivity contribution in [1.29, 1.82) is 0 Å². The van der Waals surface area contributed by atoms with Gasteiger partial charge in [-0.1, -0.05) is 6.07 Å². The van der Waals surface area contributed by atoms with Crippen molar-refractivity contribution in [3.8, 4) is 0 Å². The van der Waals surface area contributed by atoms with Crippen molar-refractivity contribution in [1.82, 2.24) is 19.5 Å². The van der Waals surface area contributed by atoms with Crippen molar-refractivity contribution in [2.45, 2.75) is 26.2 Å². The summed E-state index contributed by atoms with van der Waals surface area (Å²) in [6, 6.07) is 9.43. The molecule has 8 heteroatoms. The van der Waals surface area contributed by atoms with Crippen LogP contribution in [0.25, 0.3) is 0 Å². The van der Waals surface area contributed by atoms with Gasteiger partial charge in [-0.15, -0.1) is 5.10 Å². The molecule has 0 bridgehead atoms. The first-order chi connectivity index (χ1) is 12.1. The van der Waals surface area contributed by atoms with E-state index in [1.54, 1.807) is 17.4 Å². The van der Waals surface area contributed by atoms with Gasteiger partial charge >= 0.3 is 0 Å². The van der Waals surface area contributed by atoms with Crippen LogP contribution in [-0.2, 0) is 16.4 Å². The molecule has 1 aliphatic rings. The molecule has 2 aromatic rings. The highest BCUT2D eigenvalue weighted by molar-refractivity contribution is 7.89. The third-order valence-corrected chi connectivity index (χ3v) is 6.23. The topological polar surface area (TPSA) is 88.1 Å². The normalized spacial score (nSPS) is 18.8. The molecule has 0 amide bonds. The number of rotatable bonds is 6. The van der Waals surface area contributed by atoms with Crippen molar-refractivity contribution in [2.24, 2.45) is 5.92 Å². The van der Waals surface area contributed by atoms with E-state index in [1.165, 1.54) is 0 Å². The van der Waals surface area contributed by atoms with Gasteiger partial charge in [-0.2, -0.15) is 5.10 Å². The second kappa shape index (κ2) is 7.88. The van der Waals surface area contributed by atoms with Gasteiger partial charge in [0.25, 0.3) is 0 Å². The maximum absolute atomic E-state index is 12.1. The number of nitrogens with one attached hydrogen (secondary N) is 1. The highest BCUT2D eigenvalue weighted by atomic mass is 32.2. The van der Waals surface area contributed by atoms with Crippen molar-refractivity contribution >= 4 is 21.7 Å². The lowest BCUT2D eigenvalue weighted by molar-refractivity contribution is 0.264. The van der Waals surface area contributed by atoms with Gasteiger partial charge in [0.2, 0.25) is 10.0 Å². The Balaban J connectivity index is 1.59. The molecular weight excluding hydrogens is 338 g/mol. The Hall–Kier alpha value is -2.06. The summed E-state index contributed by atoms with van der Waals surface area (Å²) in [5.74, 6) is 1.81. The molecule has 0 saturated carbocycles. The molecule has 7 nitrogen and oxygen atoms in total. The first-order valence-corrected chi connectivity index (χ1v) is 10.2. The predicted octanol–water partition coefficient (Wildman–Crippen LogP) is 2.22. The van der Waals surface area contributed by atoms with Gasteiger partial charge in [0.05, 0.1) is 11.4 Å². The second-order valence-electron chi connectivity index (χ2n) is 6.22. The van der Waals surface area contributed by atoms with Gasteiger partial charge in [-0.25, -0.2) is 17.7 Å².